The molecule has 36 nitrogen and oxygen atoms in total. The number of aromatic nitrogens is 1. The smallest absolute Gasteiger partial charge is 0.326 e. The fraction of sp³-hybridized carbons (Fsp3) is 0.600. The number of guanidine groups is 1. The Labute approximate surface area is 573 Å². The number of aliphatic imine (C=N–C) groups is 1. The number of aliphatic carboxylic acids is 2. The molecule has 0 aliphatic carbocycles. The number of nitrogens with two attached hydrogens (primary N) is 5. The molecule has 1 aliphatic heterocycles. The quantitative estimate of drug-likeness (QED) is 0.0167. The van der Waals surface area contributed by atoms with Gasteiger partial charge in [0, 0.05) is 43.0 Å². The van der Waals surface area contributed by atoms with Gasteiger partial charge in [-0.05, 0) is 100 Å². The number of primary amides is 2. The number of aliphatic hydroxyl groups is 1. The number of para-hydroxylation sites is 1. The van der Waals surface area contributed by atoms with E-state index in [2.05, 4.69) is 63.1 Å². The van der Waals surface area contributed by atoms with Gasteiger partial charge in [0.2, 0.25) is 76.8 Å². The van der Waals surface area contributed by atoms with E-state index < -0.39 is 199 Å². The van der Waals surface area contributed by atoms with Gasteiger partial charge in [0.1, 0.15) is 66.5 Å². The van der Waals surface area contributed by atoms with E-state index in [1.807, 2.05) is 0 Å². The van der Waals surface area contributed by atoms with E-state index in [9.17, 15) is 87.2 Å². The first-order valence-corrected chi connectivity index (χ1v) is 34.4. The third kappa shape index (κ3) is 27.3. The zero-order chi connectivity index (χ0) is 73.5. The van der Waals surface area contributed by atoms with Crippen LogP contribution in [-0.2, 0) is 78.3 Å². The molecule has 0 radical (unpaired) electrons. The zero-order valence-electron chi connectivity index (χ0n) is 55.5. The van der Waals surface area contributed by atoms with Crippen LogP contribution in [0.15, 0.2) is 35.5 Å². The maximum atomic E-state index is 14.5. The van der Waals surface area contributed by atoms with Crippen LogP contribution in [0.2, 0.25) is 0 Å². The molecule has 1 aliphatic rings. The molecule has 2 aromatic rings. The Morgan fingerprint density at radius 2 is 1.12 bits per heavy atom. The van der Waals surface area contributed by atoms with E-state index in [1.165, 1.54) is 37.4 Å². The maximum absolute atomic E-state index is 14.5. The summed E-state index contributed by atoms with van der Waals surface area (Å²) in [6.07, 6.45) is 2.95. The number of carbonyl (C=O) groups excluding carboxylic acids is 13. The average molecular weight is 1420 g/mol. The van der Waals surface area contributed by atoms with Crippen LogP contribution in [0.1, 0.15) is 104 Å². The van der Waals surface area contributed by atoms with Crippen molar-refractivity contribution in [1.82, 2.24) is 63.1 Å². The highest BCUT2D eigenvalue weighted by Gasteiger charge is 2.41. The number of fused-ring (bicyclic) bond motifs is 1. The number of aliphatic hydroxyl groups excluding tert-OH is 1. The number of hydrogen-bond acceptors (Lipinski definition) is 20. The topological polar surface area (TPSA) is 599 Å². The molecule has 13 atom stereocenters. The molecule has 1 aromatic heterocycles. The van der Waals surface area contributed by atoms with Gasteiger partial charge in [0.15, 0.2) is 5.96 Å². The van der Waals surface area contributed by atoms with E-state index in [4.69, 9.17) is 28.7 Å². The predicted octanol–water partition coefficient (Wildman–Crippen LogP) is -5.79. The van der Waals surface area contributed by atoms with Crippen molar-refractivity contribution in [2.45, 2.75) is 177 Å². The summed E-state index contributed by atoms with van der Waals surface area (Å²) in [5.74, 6) is -15.7. The lowest BCUT2D eigenvalue weighted by Gasteiger charge is -2.30. The normalized spacial score (nSPS) is 16.3. The Morgan fingerprint density at radius 3 is 1.70 bits per heavy atom. The Morgan fingerprint density at radius 1 is 0.612 bits per heavy atom. The summed E-state index contributed by atoms with van der Waals surface area (Å²) in [5, 5.41) is 54.6. The number of carboxylic acids is 2. The van der Waals surface area contributed by atoms with E-state index in [0.29, 0.717) is 40.8 Å². The fourth-order valence-corrected chi connectivity index (χ4v) is 11.1. The lowest BCUT2D eigenvalue weighted by atomic mass is 9.97. The van der Waals surface area contributed by atoms with Crippen molar-refractivity contribution in [1.29, 1.82) is 0 Å². The largest absolute Gasteiger partial charge is 0.481 e. The Bertz CT molecular complexity index is 3190. The highest BCUT2D eigenvalue weighted by molar-refractivity contribution is 7.98. The molecule has 98 heavy (non-hydrogen) atoms. The second-order valence-corrected chi connectivity index (χ2v) is 25.4. The van der Waals surface area contributed by atoms with Crippen molar-refractivity contribution in [3.8, 4) is 0 Å². The van der Waals surface area contributed by atoms with Gasteiger partial charge in [-0.2, -0.15) is 23.5 Å². The van der Waals surface area contributed by atoms with Gasteiger partial charge in [-0.1, -0.05) is 38.5 Å². The number of rotatable bonds is 44. The molecule has 1 aromatic carbocycles. The van der Waals surface area contributed by atoms with Crippen LogP contribution in [0.5, 0.6) is 0 Å². The molecule has 3 rings (SSSR count). The second-order valence-electron chi connectivity index (χ2n) is 23.4. The van der Waals surface area contributed by atoms with Crippen LogP contribution in [0.25, 0.3) is 10.9 Å². The number of nitrogens with one attached hydrogen (secondary N) is 11. The van der Waals surface area contributed by atoms with Crippen LogP contribution in [-0.4, -0.2) is 236 Å². The molecule has 1 saturated heterocycles. The minimum absolute atomic E-state index is 0.0173. The predicted molar refractivity (Wildman–Crippen MR) is 360 cm³/mol. The molecule has 0 unspecified atom stereocenters. The van der Waals surface area contributed by atoms with E-state index in [1.54, 1.807) is 56.8 Å². The number of amides is 13. The lowest BCUT2D eigenvalue weighted by molar-refractivity contribution is -0.142. The zero-order valence-corrected chi connectivity index (χ0v) is 57.1. The minimum atomic E-state index is -1.89. The van der Waals surface area contributed by atoms with Gasteiger partial charge < -0.3 is 107 Å². The molecular weight excluding hydrogens is 1320 g/mol. The summed E-state index contributed by atoms with van der Waals surface area (Å²) in [4.78, 5) is 209. The van der Waals surface area contributed by atoms with Crippen LogP contribution in [0.3, 0.4) is 0 Å². The summed E-state index contributed by atoms with van der Waals surface area (Å²) in [6.45, 7) is 4.78. The van der Waals surface area contributed by atoms with Gasteiger partial charge in [-0.25, -0.2) is 4.79 Å². The molecule has 0 bridgehead atoms. The number of hydrogen-bond donors (Lipinski definition) is 19. The first-order valence-electron chi connectivity index (χ1n) is 31.6. The number of aromatic amines is 1. The van der Waals surface area contributed by atoms with Gasteiger partial charge in [-0.3, -0.25) is 72.1 Å². The SMILES string of the molecule is CC[C@H](C)[C@H](NC(=O)[C@@H](N)CCCN=C(N)N)C(=O)N[C@@H](CC(N)=O)C(=O)N[C@@H](CC(N)=O)C(=O)N[C@@H](C)C(=O)N1CCC[C@H]1C(=O)N[C@@H](Cc1c[nH]c2ccccc12)C(=O)N[C@@H](CO)C(=O)N[C@@H](CCC(=O)O)C(=O)N[C@@H](C)C(=O)N[C@@H](CCSC)C(=O)N[C@@H](CCSC)C(=O)O. The number of carboxylic acid groups (broad SMARTS) is 2. The van der Waals surface area contributed by atoms with Crippen molar-refractivity contribution in [2.24, 2.45) is 39.6 Å². The Kier molecular flexibility index (Phi) is 35.3. The molecule has 2 heterocycles. The molecule has 0 spiro atoms. The van der Waals surface area contributed by atoms with Gasteiger partial charge in [0.25, 0.3) is 0 Å². The highest BCUT2D eigenvalue weighted by atomic mass is 32.2. The summed E-state index contributed by atoms with van der Waals surface area (Å²) >= 11 is 2.70. The number of H-pyrrole nitrogens is 1. The third-order valence-corrected chi connectivity index (χ3v) is 17.1. The number of benzene rings is 1. The maximum Gasteiger partial charge on any atom is 0.326 e. The summed E-state index contributed by atoms with van der Waals surface area (Å²) in [7, 11) is 0. The van der Waals surface area contributed by atoms with Crippen LogP contribution in [0, 0.1) is 5.92 Å². The van der Waals surface area contributed by atoms with Crippen molar-refractivity contribution >= 4 is 129 Å². The number of thioether (sulfide) groups is 2. The first-order chi connectivity index (χ1) is 46.3. The van der Waals surface area contributed by atoms with Crippen molar-refractivity contribution in [2.75, 3.05) is 43.7 Å². The number of nitrogens with zero attached hydrogens (tertiary/aromatic N) is 2. The summed E-state index contributed by atoms with van der Waals surface area (Å²) < 4.78 is 0. The van der Waals surface area contributed by atoms with E-state index in [-0.39, 0.29) is 57.6 Å². The Hall–Kier alpha value is -9.30. The summed E-state index contributed by atoms with van der Waals surface area (Å²) in [5.41, 5.74) is 28.8. The fourth-order valence-electron chi connectivity index (χ4n) is 10.1. The van der Waals surface area contributed by atoms with Crippen LogP contribution >= 0.6 is 23.5 Å². The minimum Gasteiger partial charge on any atom is -0.481 e. The second kappa shape index (κ2) is 41.7. The number of carbonyl (C=O) groups is 15. The number of likely N-dealkylation sites (tertiary alicyclic amines) is 1. The van der Waals surface area contributed by atoms with Crippen molar-refractivity contribution in [3.05, 3.63) is 36.0 Å². The molecule has 38 heteroatoms. The standard InChI is InChI=1S/C60H94N18O18S2/c1-7-29(2)47(77-49(85)34(61)13-10-20-66-60(64)65)57(93)75-41(26-45(63)81)54(90)73-40(25-44(62)80)52(88)69-31(4)58(94)78-21-11-15-43(78)56(92)74-39(24-32-27-67-35-14-9-8-12-33(32)35)53(89)76-42(28-79)55(91)71-36(16-17-46(82)83)50(86)68-30(3)48(84)70-37(18-22-97-5)51(87)72-38(59(95)96)19-23-98-6/h8-9,12,14,27,29-31,34,36-43,47,67,79H,7,10-11,13,15-26,28,61H2,1-6H3,(H2,62,80)(H2,63,81)(H,68,86)(H,69,88)(H,70,84)(H,71,91)(H,72,87)(H,73,90)(H,74,92)(H,75,93)(H,76,89)(H,77,85)(H,82,83)(H,95,96)(H4,64,65,66)/t29-,30-,31-,34-,36-,37-,38-,39-,40-,41-,42-,43-,47-/m0/s1. The third-order valence-electron chi connectivity index (χ3n) is 15.8. The molecular formula is C60H94N18O18S2. The molecule has 544 valence electrons. The van der Waals surface area contributed by atoms with Gasteiger partial charge in [-0.15, -0.1) is 0 Å². The van der Waals surface area contributed by atoms with E-state index >= 15 is 0 Å². The van der Waals surface area contributed by atoms with Crippen LogP contribution < -0.4 is 81.8 Å². The van der Waals surface area contributed by atoms with E-state index in [0.717, 1.165) is 4.90 Å². The summed E-state index contributed by atoms with van der Waals surface area (Å²) in [6, 6.07) is -11.1. The molecule has 24 N–H and O–H groups in total. The highest BCUT2D eigenvalue weighted by Crippen LogP contribution is 2.22. The molecule has 13 amide bonds. The Balaban J connectivity index is 1.84. The van der Waals surface area contributed by atoms with Crippen molar-refractivity contribution in [3.63, 3.8) is 0 Å². The monoisotopic (exact) mass is 1420 g/mol. The van der Waals surface area contributed by atoms with Crippen LogP contribution in [0.4, 0.5) is 0 Å². The lowest BCUT2D eigenvalue weighted by Crippen LogP contribution is -2.61. The average Bonchev–Trinajstić information content (AvgIpc) is 1.63. The first kappa shape index (κ1) is 82.9. The van der Waals surface area contributed by atoms with Gasteiger partial charge in [0.05, 0.1) is 25.5 Å². The van der Waals surface area contributed by atoms with Gasteiger partial charge >= 0.3 is 11.9 Å². The molecule has 1 fully saturated rings. The van der Waals surface area contributed by atoms with Crippen molar-refractivity contribution < 1.29 is 87.2 Å². The molecule has 0 saturated carbocycles.